The smallest absolute Gasteiger partial charge is 0.249 e. The summed E-state index contributed by atoms with van der Waals surface area (Å²) in [6.45, 7) is 6.01. The Hall–Kier alpha value is -1.66. The molecule has 3 rings (SSSR count). The molecule has 0 saturated heterocycles. The third-order valence-electron chi connectivity index (χ3n) is 3.85. The maximum absolute atomic E-state index is 13.0. The number of halogens is 1. The van der Waals surface area contributed by atoms with Crippen LogP contribution in [-0.2, 0) is 10.0 Å². The van der Waals surface area contributed by atoms with Gasteiger partial charge in [-0.2, -0.15) is 0 Å². The van der Waals surface area contributed by atoms with Crippen molar-refractivity contribution in [3.8, 4) is 0 Å². The normalized spacial score (nSPS) is 12.2. The standard InChI is InChI=1S/C17H17BrN2O2S/c1-11(2)15-10-20(16-8-17(18)19-9-14(15)16)23(21,22)13-6-4-12(3)5-7-13/h4-11H,1-3H3. The summed E-state index contributed by atoms with van der Waals surface area (Å²) in [5.41, 5.74) is 2.63. The highest BCUT2D eigenvalue weighted by Gasteiger charge is 2.22. The van der Waals surface area contributed by atoms with Crippen LogP contribution in [0.15, 0.2) is 52.2 Å². The molecule has 0 aliphatic rings. The van der Waals surface area contributed by atoms with Crippen molar-refractivity contribution in [2.75, 3.05) is 0 Å². The monoisotopic (exact) mass is 392 g/mol. The largest absolute Gasteiger partial charge is 0.268 e. The maximum atomic E-state index is 13.0. The van der Waals surface area contributed by atoms with Gasteiger partial charge in [-0.3, -0.25) is 0 Å². The van der Waals surface area contributed by atoms with Crippen molar-refractivity contribution in [3.05, 3.63) is 58.5 Å². The summed E-state index contributed by atoms with van der Waals surface area (Å²) >= 11 is 3.33. The van der Waals surface area contributed by atoms with E-state index in [9.17, 15) is 8.42 Å². The molecule has 1 aromatic carbocycles. The van der Waals surface area contributed by atoms with Gasteiger partial charge in [-0.05, 0) is 52.5 Å². The van der Waals surface area contributed by atoms with E-state index < -0.39 is 10.0 Å². The van der Waals surface area contributed by atoms with Crippen molar-refractivity contribution in [2.24, 2.45) is 0 Å². The second-order valence-corrected chi connectivity index (χ2v) is 8.50. The number of pyridine rings is 1. The summed E-state index contributed by atoms with van der Waals surface area (Å²) in [6, 6.07) is 8.63. The van der Waals surface area contributed by atoms with Crippen LogP contribution < -0.4 is 0 Å². The Morgan fingerprint density at radius 2 is 1.83 bits per heavy atom. The molecule has 6 heteroatoms. The molecule has 2 heterocycles. The van der Waals surface area contributed by atoms with Crippen molar-refractivity contribution in [3.63, 3.8) is 0 Å². The molecule has 0 radical (unpaired) electrons. The number of fused-ring (bicyclic) bond motifs is 1. The molecule has 3 aromatic rings. The summed E-state index contributed by atoms with van der Waals surface area (Å²) in [5.74, 6) is 0.204. The molecule has 0 aliphatic carbocycles. The molecule has 0 spiro atoms. The second-order valence-electron chi connectivity index (χ2n) is 5.88. The van der Waals surface area contributed by atoms with Crippen molar-refractivity contribution in [2.45, 2.75) is 31.6 Å². The van der Waals surface area contributed by atoms with Gasteiger partial charge in [0.15, 0.2) is 0 Å². The van der Waals surface area contributed by atoms with Gasteiger partial charge in [-0.15, -0.1) is 0 Å². The molecule has 0 saturated carbocycles. The fraction of sp³-hybridized carbons (Fsp3) is 0.235. The summed E-state index contributed by atoms with van der Waals surface area (Å²) in [4.78, 5) is 4.52. The van der Waals surface area contributed by atoms with Crippen molar-refractivity contribution in [1.29, 1.82) is 0 Å². The average Bonchev–Trinajstić information content (AvgIpc) is 2.87. The van der Waals surface area contributed by atoms with Gasteiger partial charge in [0.1, 0.15) is 4.60 Å². The third-order valence-corrected chi connectivity index (χ3v) is 5.97. The highest BCUT2D eigenvalue weighted by molar-refractivity contribution is 9.10. The van der Waals surface area contributed by atoms with E-state index in [0.717, 1.165) is 16.5 Å². The zero-order chi connectivity index (χ0) is 16.8. The van der Waals surface area contributed by atoms with Gasteiger partial charge in [0, 0.05) is 17.8 Å². The topological polar surface area (TPSA) is 52.0 Å². The lowest BCUT2D eigenvalue weighted by Gasteiger charge is -2.08. The summed E-state index contributed by atoms with van der Waals surface area (Å²) in [6.07, 6.45) is 3.43. The Morgan fingerprint density at radius 3 is 2.43 bits per heavy atom. The molecule has 4 nitrogen and oxygen atoms in total. The quantitative estimate of drug-likeness (QED) is 0.617. The van der Waals surface area contributed by atoms with Crippen LogP contribution in [0.2, 0.25) is 0 Å². The maximum Gasteiger partial charge on any atom is 0.268 e. The van der Waals surface area contributed by atoms with E-state index in [2.05, 4.69) is 20.9 Å². The lowest BCUT2D eigenvalue weighted by molar-refractivity contribution is 0.589. The van der Waals surface area contributed by atoms with E-state index in [-0.39, 0.29) is 10.8 Å². The van der Waals surface area contributed by atoms with Gasteiger partial charge < -0.3 is 0 Å². The van der Waals surface area contributed by atoms with Crippen molar-refractivity contribution in [1.82, 2.24) is 8.96 Å². The van der Waals surface area contributed by atoms with E-state index in [4.69, 9.17) is 0 Å². The lowest BCUT2D eigenvalue weighted by atomic mass is 10.0. The van der Waals surface area contributed by atoms with Crippen molar-refractivity contribution < 1.29 is 8.42 Å². The molecule has 0 atom stereocenters. The minimum atomic E-state index is -3.64. The van der Waals surface area contributed by atoms with Gasteiger partial charge in [0.2, 0.25) is 0 Å². The van der Waals surface area contributed by atoms with Gasteiger partial charge in [-0.1, -0.05) is 31.5 Å². The number of aryl methyl sites for hydroxylation is 1. The summed E-state index contributed by atoms with van der Waals surface area (Å²) in [5, 5.41) is 0.860. The molecule has 0 fully saturated rings. The molecular formula is C17H17BrN2O2S. The highest BCUT2D eigenvalue weighted by Crippen LogP contribution is 2.31. The van der Waals surface area contributed by atoms with Crippen LogP contribution in [-0.4, -0.2) is 17.4 Å². The molecule has 0 bridgehead atoms. The molecule has 0 aliphatic heterocycles. The number of hydrogen-bond donors (Lipinski definition) is 0. The summed E-state index contributed by atoms with van der Waals surface area (Å²) < 4.78 is 28.0. The SMILES string of the molecule is Cc1ccc(S(=O)(=O)n2cc(C(C)C)c3cnc(Br)cc32)cc1. The summed E-state index contributed by atoms with van der Waals surface area (Å²) in [7, 11) is -3.64. The Labute approximate surface area is 144 Å². The molecule has 0 N–H and O–H groups in total. The number of hydrogen-bond acceptors (Lipinski definition) is 3. The second kappa shape index (κ2) is 5.76. The van der Waals surface area contributed by atoms with E-state index in [0.29, 0.717) is 10.1 Å². The van der Waals surface area contributed by atoms with Crippen LogP contribution in [0.25, 0.3) is 10.9 Å². The first kappa shape index (κ1) is 16.2. The number of benzene rings is 1. The lowest BCUT2D eigenvalue weighted by Crippen LogP contribution is -2.12. The minimum Gasteiger partial charge on any atom is -0.249 e. The Kier molecular flexibility index (Phi) is 4.06. The molecule has 23 heavy (non-hydrogen) atoms. The zero-order valence-electron chi connectivity index (χ0n) is 13.1. The molecular weight excluding hydrogens is 376 g/mol. The van der Waals surface area contributed by atoms with Gasteiger partial charge in [0.05, 0.1) is 10.4 Å². The predicted molar refractivity (Wildman–Crippen MR) is 95.3 cm³/mol. The number of nitrogens with zero attached hydrogens (tertiary/aromatic N) is 2. The Morgan fingerprint density at radius 1 is 1.17 bits per heavy atom. The average molecular weight is 393 g/mol. The molecule has 120 valence electrons. The van der Waals surface area contributed by atoms with Crippen LogP contribution in [0.1, 0.15) is 30.9 Å². The Balaban J connectivity index is 2.30. The molecule has 2 aromatic heterocycles. The first-order chi connectivity index (χ1) is 10.8. The van der Waals surface area contributed by atoms with E-state index in [1.807, 2.05) is 20.8 Å². The van der Waals surface area contributed by atoms with Crippen LogP contribution in [0, 0.1) is 6.92 Å². The minimum absolute atomic E-state index is 0.204. The van der Waals surface area contributed by atoms with E-state index in [1.54, 1.807) is 42.7 Å². The van der Waals surface area contributed by atoms with Crippen LogP contribution in [0.4, 0.5) is 0 Å². The number of aromatic nitrogens is 2. The molecule has 0 amide bonds. The first-order valence-corrected chi connectivity index (χ1v) is 9.53. The zero-order valence-corrected chi connectivity index (χ0v) is 15.5. The van der Waals surface area contributed by atoms with E-state index in [1.165, 1.54) is 3.97 Å². The fourth-order valence-electron chi connectivity index (χ4n) is 2.57. The highest BCUT2D eigenvalue weighted by atomic mass is 79.9. The van der Waals surface area contributed by atoms with E-state index >= 15 is 0 Å². The fourth-order valence-corrected chi connectivity index (χ4v) is 4.26. The van der Waals surface area contributed by atoms with Gasteiger partial charge in [0.25, 0.3) is 10.0 Å². The van der Waals surface area contributed by atoms with Crippen LogP contribution >= 0.6 is 15.9 Å². The van der Waals surface area contributed by atoms with Crippen molar-refractivity contribution >= 4 is 36.9 Å². The first-order valence-electron chi connectivity index (χ1n) is 7.29. The third kappa shape index (κ3) is 2.81. The Bertz CT molecular complexity index is 974. The van der Waals surface area contributed by atoms with Crippen LogP contribution in [0.5, 0.6) is 0 Å². The van der Waals surface area contributed by atoms with Gasteiger partial charge >= 0.3 is 0 Å². The van der Waals surface area contributed by atoms with Crippen LogP contribution in [0.3, 0.4) is 0 Å². The predicted octanol–water partition coefficient (Wildman–Crippen LogP) is 4.47. The van der Waals surface area contributed by atoms with Gasteiger partial charge in [-0.25, -0.2) is 17.4 Å². The number of rotatable bonds is 3. The molecule has 0 unspecified atom stereocenters.